The minimum absolute atomic E-state index is 0.265. The lowest BCUT2D eigenvalue weighted by molar-refractivity contribution is 1.04. The molecule has 1 atom stereocenters. The molecular weight excluding hydrogens is 452 g/mol. The van der Waals surface area contributed by atoms with Gasteiger partial charge in [-0.3, -0.25) is 0 Å². The normalized spacial score (nSPS) is 12.7. The fourth-order valence-corrected chi connectivity index (χ4v) is 4.99. The van der Waals surface area contributed by atoms with Crippen LogP contribution in [0.4, 0.5) is 0 Å². The second-order valence-electron chi connectivity index (χ2n) is 4.37. The molecule has 0 aliphatic rings. The summed E-state index contributed by atoms with van der Waals surface area (Å²) in [4.78, 5) is 1.59. The first-order chi connectivity index (χ1) is 9.06. The Morgan fingerprint density at radius 1 is 1.11 bits per heavy atom. The molecular formula is C15H15Br3S. The molecule has 0 fully saturated rings. The summed E-state index contributed by atoms with van der Waals surface area (Å²) in [5.74, 6) is 0. The summed E-state index contributed by atoms with van der Waals surface area (Å²) in [6.45, 7) is 4.41. The molecule has 0 saturated heterocycles. The maximum Gasteiger partial charge on any atom is 0.0843 e. The summed E-state index contributed by atoms with van der Waals surface area (Å²) >= 11 is 12.8. The van der Waals surface area contributed by atoms with Gasteiger partial charge in [0.1, 0.15) is 0 Å². The summed E-state index contributed by atoms with van der Waals surface area (Å²) in [6, 6.07) is 9.02. The third kappa shape index (κ3) is 3.52. The second-order valence-corrected chi connectivity index (χ2v) is 8.54. The van der Waals surface area contributed by atoms with Crippen molar-refractivity contribution in [2.24, 2.45) is 0 Å². The summed E-state index contributed by atoms with van der Waals surface area (Å²) in [6.07, 6.45) is 2.14. The Labute approximate surface area is 144 Å². The highest BCUT2D eigenvalue weighted by Crippen LogP contribution is 2.42. The van der Waals surface area contributed by atoms with Gasteiger partial charge in [0.15, 0.2) is 0 Å². The molecule has 1 aromatic carbocycles. The first kappa shape index (κ1) is 15.7. The first-order valence-corrected chi connectivity index (χ1v) is 9.59. The number of alkyl halides is 1. The van der Waals surface area contributed by atoms with Gasteiger partial charge in [-0.2, -0.15) is 0 Å². The van der Waals surface area contributed by atoms with E-state index in [-0.39, 0.29) is 4.83 Å². The van der Waals surface area contributed by atoms with Crippen LogP contribution in [0.15, 0.2) is 32.5 Å². The topological polar surface area (TPSA) is 0 Å². The lowest BCUT2D eigenvalue weighted by Gasteiger charge is -2.14. The molecule has 1 aromatic heterocycles. The summed E-state index contributed by atoms with van der Waals surface area (Å²) in [7, 11) is 0. The maximum absolute atomic E-state index is 3.87. The van der Waals surface area contributed by atoms with E-state index in [0.29, 0.717) is 0 Å². The third-order valence-corrected chi connectivity index (χ3v) is 7.80. The lowest BCUT2D eigenvalue weighted by atomic mass is 9.98. The highest BCUT2D eigenvalue weighted by Gasteiger charge is 2.17. The van der Waals surface area contributed by atoms with Crippen LogP contribution in [0.3, 0.4) is 0 Å². The molecule has 0 amide bonds. The van der Waals surface area contributed by atoms with Crippen LogP contribution in [0.25, 0.3) is 0 Å². The van der Waals surface area contributed by atoms with Crippen molar-refractivity contribution >= 4 is 59.1 Å². The predicted molar refractivity (Wildman–Crippen MR) is 95.7 cm³/mol. The second kappa shape index (κ2) is 6.88. The van der Waals surface area contributed by atoms with Crippen LogP contribution in [0.2, 0.25) is 0 Å². The Hall–Kier alpha value is 0.360. The molecule has 19 heavy (non-hydrogen) atoms. The Morgan fingerprint density at radius 3 is 2.37 bits per heavy atom. The number of benzene rings is 1. The van der Waals surface area contributed by atoms with Gasteiger partial charge in [0, 0.05) is 9.35 Å². The minimum Gasteiger partial charge on any atom is -0.131 e. The molecule has 0 spiro atoms. The molecule has 2 aromatic rings. The van der Waals surface area contributed by atoms with Gasteiger partial charge < -0.3 is 0 Å². The van der Waals surface area contributed by atoms with E-state index in [2.05, 4.69) is 85.9 Å². The molecule has 102 valence electrons. The predicted octanol–water partition coefficient (Wildman–Crippen LogP) is 6.88. The SMILES string of the molecule is CCc1ccc(CC)c(C(Br)c2cc(Br)c(Br)s2)c1. The van der Waals surface area contributed by atoms with Crippen LogP contribution in [0, 0.1) is 0 Å². The van der Waals surface area contributed by atoms with E-state index in [1.54, 1.807) is 11.3 Å². The van der Waals surface area contributed by atoms with Crippen molar-refractivity contribution in [3.05, 3.63) is 54.1 Å². The average Bonchev–Trinajstić information content (AvgIpc) is 2.77. The van der Waals surface area contributed by atoms with Crippen LogP contribution in [-0.4, -0.2) is 0 Å². The molecule has 0 saturated carbocycles. The lowest BCUT2D eigenvalue weighted by Crippen LogP contribution is -1.98. The van der Waals surface area contributed by atoms with Crippen molar-refractivity contribution in [3.63, 3.8) is 0 Å². The van der Waals surface area contributed by atoms with E-state index in [4.69, 9.17) is 0 Å². The molecule has 0 N–H and O–H groups in total. The number of halogens is 3. The molecule has 0 aliphatic carbocycles. The monoisotopic (exact) mass is 464 g/mol. The minimum atomic E-state index is 0.265. The van der Waals surface area contributed by atoms with Crippen molar-refractivity contribution in [3.8, 4) is 0 Å². The van der Waals surface area contributed by atoms with Crippen molar-refractivity contribution in [1.29, 1.82) is 0 Å². The number of hydrogen-bond donors (Lipinski definition) is 0. The summed E-state index contributed by atoms with van der Waals surface area (Å²) in [5.41, 5.74) is 4.20. The molecule has 1 unspecified atom stereocenters. The van der Waals surface area contributed by atoms with Crippen molar-refractivity contribution in [2.75, 3.05) is 0 Å². The van der Waals surface area contributed by atoms with Gasteiger partial charge in [-0.1, -0.05) is 48.0 Å². The fourth-order valence-electron chi connectivity index (χ4n) is 2.06. The van der Waals surface area contributed by atoms with Crippen LogP contribution in [0.5, 0.6) is 0 Å². The number of thiophene rings is 1. The molecule has 0 aliphatic heterocycles. The number of hydrogen-bond acceptors (Lipinski definition) is 1. The van der Waals surface area contributed by atoms with E-state index in [1.165, 1.54) is 21.6 Å². The van der Waals surface area contributed by atoms with E-state index in [1.807, 2.05) is 0 Å². The third-order valence-electron chi connectivity index (χ3n) is 3.19. The maximum atomic E-state index is 3.87. The van der Waals surface area contributed by atoms with Gasteiger partial charge in [0.05, 0.1) is 8.61 Å². The molecule has 4 heteroatoms. The summed E-state index contributed by atoms with van der Waals surface area (Å²) in [5, 5.41) is 0. The smallest absolute Gasteiger partial charge is 0.0843 e. The highest BCUT2D eigenvalue weighted by atomic mass is 79.9. The zero-order valence-corrected chi connectivity index (χ0v) is 16.4. The zero-order valence-electron chi connectivity index (χ0n) is 10.8. The molecule has 0 radical (unpaired) electrons. The van der Waals surface area contributed by atoms with Gasteiger partial charge in [-0.15, -0.1) is 11.3 Å². The van der Waals surface area contributed by atoms with E-state index in [0.717, 1.165) is 21.1 Å². The van der Waals surface area contributed by atoms with Crippen molar-refractivity contribution in [1.82, 2.24) is 0 Å². The van der Waals surface area contributed by atoms with Crippen molar-refractivity contribution in [2.45, 2.75) is 31.5 Å². The van der Waals surface area contributed by atoms with Gasteiger partial charge in [-0.25, -0.2) is 0 Å². The quantitative estimate of drug-likeness (QED) is 0.431. The molecule has 0 bridgehead atoms. The number of aryl methyl sites for hydroxylation is 2. The molecule has 0 nitrogen and oxygen atoms in total. The van der Waals surface area contributed by atoms with Crippen molar-refractivity contribution < 1.29 is 0 Å². The van der Waals surface area contributed by atoms with E-state index >= 15 is 0 Å². The Morgan fingerprint density at radius 2 is 1.84 bits per heavy atom. The average molecular weight is 467 g/mol. The number of rotatable bonds is 4. The Kier molecular flexibility index (Phi) is 5.70. The Bertz CT molecular complexity index is 555. The van der Waals surface area contributed by atoms with Gasteiger partial charge in [-0.05, 0) is 67.5 Å². The van der Waals surface area contributed by atoms with Crippen LogP contribution in [0.1, 0.15) is 40.2 Å². The Balaban J connectivity index is 2.44. The molecule has 1 heterocycles. The molecule has 2 rings (SSSR count). The van der Waals surface area contributed by atoms with Crippen LogP contribution >= 0.6 is 59.1 Å². The summed E-state index contributed by atoms with van der Waals surface area (Å²) < 4.78 is 2.28. The van der Waals surface area contributed by atoms with Gasteiger partial charge in [0.2, 0.25) is 0 Å². The van der Waals surface area contributed by atoms with Crippen LogP contribution in [-0.2, 0) is 12.8 Å². The standard InChI is InChI=1S/C15H15Br3S/c1-3-9-5-6-10(4-2)11(7-9)14(17)13-8-12(16)15(18)19-13/h5-8,14H,3-4H2,1-2H3. The highest BCUT2D eigenvalue weighted by molar-refractivity contribution is 9.13. The van der Waals surface area contributed by atoms with E-state index < -0.39 is 0 Å². The van der Waals surface area contributed by atoms with Gasteiger partial charge >= 0.3 is 0 Å². The van der Waals surface area contributed by atoms with Crippen LogP contribution < -0.4 is 0 Å². The van der Waals surface area contributed by atoms with Gasteiger partial charge in [0.25, 0.3) is 0 Å². The zero-order chi connectivity index (χ0) is 14.0. The first-order valence-electron chi connectivity index (χ1n) is 6.27. The fraction of sp³-hybridized carbons (Fsp3) is 0.333. The largest absolute Gasteiger partial charge is 0.131 e. The van der Waals surface area contributed by atoms with E-state index in [9.17, 15) is 0 Å².